The van der Waals surface area contributed by atoms with Crippen LogP contribution in [-0.2, 0) is 5.54 Å². The fourth-order valence-corrected chi connectivity index (χ4v) is 4.47. The number of hydrogen-bond acceptors (Lipinski definition) is 3. The molecule has 2 nitrogen and oxygen atoms in total. The van der Waals surface area contributed by atoms with E-state index in [9.17, 15) is 0 Å². The summed E-state index contributed by atoms with van der Waals surface area (Å²) in [5.41, 5.74) is 1.32. The van der Waals surface area contributed by atoms with Gasteiger partial charge < -0.3 is 5.32 Å². The second kappa shape index (κ2) is 7.04. The quantitative estimate of drug-likeness (QED) is 0.783. The average molecular weight is 295 g/mol. The summed E-state index contributed by atoms with van der Waals surface area (Å²) in [5, 5.41) is 7.39. The molecule has 2 atom stereocenters. The third-order valence-electron chi connectivity index (χ3n) is 4.80. The summed E-state index contributed by atoms with van der Waals surface area (Å²) in [7, 11) is 0. The van der Waals surface area contributed by atoms with Gasteiger partial charge in [0.25, 0.3) is 0 Å². The largest absolute Gasteiger partial charge is 0.305 e. The molecule has 1 aromatic heterocycles. The highest BCUT2D eigenvalue weighted by atomic mass is 32.1. The van der Waals surface area contributed by atoms with Crippen LogP contribution in [0, 0.1) is 18.8 Å². The normalized spacial score (nSPS) is 27.8. The molecule has 3 heteroatoms. The van der Waals surface area contributed by atoms with Crippen LogP contribution in [0.2, 0.25) is 0 Å². The molecular formula is C17H30N2S. The molecule has 20 heavy (non-hydrogen) atoms. The molecule has 0 bridgehead atoms. The molecule has 1 saturated carbocycles. The van der Waals surface area contributed by atoms with Crippen LogP contribution in [0.5, 0.6) is 0 Å². The summed E-state index contributed by atoms with van der Waals surface area (Å²) in [6, 6.07) is 0. The van der Waals surface area contributed by atoms with Crippen molar-refractivity contribution in [3.8, 4) is 0 Å². The van der Waals surface area contributed by atoms with E-state index < -0.39 is 0 Å². The lowest BCUT2D eigenvalue weighted by molar-refractivity contribution is 0.275. The van der Waals surface area contributed by atoms with Crippen molar-refractivity contribution in [2.75, 3.05) is 6.54 Å². The van der Waals surface area contributed by atoms with Gasteiger partial charge in [-0.25, -0.2) is 4.98 Å². The van der Waals surface area contributed by atoms with Crippen LogP contribution >= 0.6 is 11.3 Å². The van der Waals surface area contributed by atoms with E-state index in [2.05, 4.69) is 38.4 Å². The molecule has 0 spiro atoms. The second-order valence-electron chi connectivity index (χ2n) is 6.74. The highest BCUT2D eigenvalue weighted by Gasteiger charge is 2.37. The van der Waals surface area contributed by atoms with E-state index in [0.29, 0.717) is 0 Å². The smallest absolute Gasteiger partial charge is 0.113 e. The molecule has 0 aromatic carbocycles. The lowest BCUT2D eigenvalue weighted by Gasteiger charge is -2.32. The topological polar surface area (TPSA) is 24.9 Å². The second-order valence-corrected chi connectivity index (χ2v) is 7.60. The van der Waals surface area contributed by atoms with E-state index in [0.717, 1.165) is 18.4 Å². The lowest BCUT2D eigenvalue weighted by atomic mass is 9.86. The van der Waals surface area contributed by atoms with Crippen LogP contribution in [-0.4, -0.2) is 11.5 Å². The zero-order valence-electron chi connectivity index (χ0n) is 13.5. The molecule has 0 radical (unpaired) electrons. The van der Waals surface area contributed by atoms with Gasteiger partial charge in [-0.3, -0.25) is 0 Å². The Hall–Kier alpha value is -0.410. The van der Waals surface area contributed by atoms with Crippen LogP contribution in [0.3, 0.4) is 0 Å². The fourth-order valence-electron chi connectivity index (χ4n) is 3.44. The van der Waals surface area contributed by atoms with Crippen molar-refractivity contribution in [2.24, 2.45) is 11.8 Å². The lowest BCUT2D eigenvalue weighted by Crippen LogP contribution is -2.42. The summed E-state index contributed by atoms with van der Waals surface area (Å²) < 4.78 is 0. The van der Waals surface area contributed by atoms with Crippen LogP contribution < -0.4 is 5.32 Å². The van der Waals surface area contributed by atoms with E-state index in [1.54, 1.807) is 0 Å². The molecule has 1 aromatic rings. The Balaban J connectivity index is 2.19. The summed E-state index contributed by atoms with van der Waals surface area (Å²) in [6.45, 7) is 10.2. The maximum Gasteiger partial charge on any atom is 0.113 e. The average Bonchev–Trinajstić information content (AvgIpc) is 2.74. The Kier molecular flexibility index (Phi) is 5.62. The van der Waals surface area contributed by atoms with Gasteiger partial charge in [0.15, 0.2) is 0 Å². The molecule has 2 rings (SSSR count). The van der Waals surface area contributed by atoms with E-state index in [1.807, 2.05) is 11.3 Å². The fraction of sp³-hybridized carbons (Fsp3) is 0.824. The number of hydrogen-bond donors (Lipinski definition) is 1. The molecular weight excluding hydrogens is 264 g/mol. The van der Waals surface area contributed by atoms with Crippen molar-refractivity contribution in [1.29, 1.82) is 0 Å². The predicted octanol–water partition coefficient (Wildman–Crippen LogP) is 4.88. The van der Waals surface area contributed by atoms with Crippen molar-refractivity contribution in [2.45, 2.75) is 71.8 Å². The minimum Gasteiger partial charge on any atom is -0.305 e. The van der Waals surface area contributed by atoms with Gasteiger partial charge in [-0.2, -0.15) is 0 Å². The zero-order chi connectivity index (χ0) is 14.6. The number of aryl methyl sites for hydroxylation is 1. The van der Waals surface area contributed by atoms with Gasteiger partial charge in [-0.05, 0) is 51.0 Å². The number of nitrogens with zero attached hydrogens (tertiary/aromatic N) is 1. The highest BCUT2D eigenvalue weighted by Crippen LogP contribution is 2.41. The van der Waals surface area contributed by atoms with Gasteiger partial charge in [-0.1, -0.05) is 33.6 Å². The van der Waals surface area contributed by atoms with Gasteiger partial charge in [0.2, 0.25) is 0 Å². The number of nitrogens with one attached hydrogen (secondary N) is 1. The molecule has 0 aliphatic heterocycles. The van der Waals surface area contributed by atoms with Gasteiger partial charge in [0, 0.05) is 11.1 Å². The third kappa shape index (κ3) is 3.62. The van der Waals surface area contributed by atoms with Crippen molar-refractivity contribution < 1.29 is 0 Å². The van der Waals surface area contributed by atoms with Crippen molar-refractivity contribution in [1.82, 2.24) is 10.3 Å². The molecule has 114 valence electrons. The van der Waals surface area contributed by atoms with Crippen molar-refractivity contribution >= 4 is 11.3 Å². The molecule has 1 heterocycles. The van der Waals surface area contributed by atoms with Crippen molar-refractivity contribution in [3.63, 3.8) is 0 Å². The Morgan fingerprint density at radius 1 is 1.40 bits per heavy atom. The predicted molar refractivity (Wildman–Crippen MR) is 88.2 cm³/mol. The highest BCUT2D eigenvalue weighted by molar-refractivity contribution is 7.09. The summed E-state index contributed by atoms with van der Waals surface area (Å²) >= 11 is 1.85. The Morgan fingerprint density at radius 2 is 2.20 bits per heavy atom. The first kappa shape index (κ1) is 16.0. The number of aromatic nitrogens is 1. The first-order valence-corrected chi connectivity index (χ1v) is 9.13. The molecule has 2 unspecified atom stereocenters. The monoisotopic (exact) mass is 294 g/mol. The Labute approximate surface area is 128 Å². The molecule has 0 amide bonds. The molecule has 1 N–H and O–H groups in total. The van der Waals surface area contributed by atoms with Gasteiger partial charge in [-0.15, -0.1) is 11.3 Å². The molecule has 0 saturated heterocycles. The van der Waals surface area contributed by atoms with E-state index in [-0.39, 0.29) is 5.54 Å². The molecule has 1 aliphatic carbocycles. The maximum atomic E-state index is 4.83. The van der Waals surface area contributed by atoms with E-state index in [1.165, 1.54) is 49.2 Å². The number of thiazole rings is 1. The van der Waals surface area contributed by atoms with Gasteiger partial charge in [0.1, 0.15) is 5.01 Å². The summed E-state index contributed by atoms with van der Waals surface area (Å²) in [6.07, 6.45) is 7.76. The van der Waals surface area contributed by atoms with Crippen LogP contribution in [0.4, 0.5) is 0 Å². The summed E-state index contributed by atoms with van der Waals surface area (Å²) in [4.78, 5) is 4.83. The van der Waals surface area contributed by atoms with Crippen LogP contribution in [0.1, 0.15) is 70.0 Å². The standard InChI is InChI=1S/C17H30N2S/c1-5-11-18-17(16-19-14(4)12-20-16)9-6-7-15(8-10-17)13(2)3/h12-13,15,18H,5-11H2,1-4H3. The summed E-state index contributed by atoms with van der Waals surface area (Å²) in [5.74, 6) is 1.70. The maximum absolute atomic E-state index is 4.83. The SMILES string of the molecule is CCCNC1(c2nc(C)cs2)CCCC(C(C)C)CC1. The Bertz CT molecular complexity index is 413. The molecule has 1 fully saturated rings. The minimum absolute atomic E-state index is 0.151. The minimum atomic E-state index is 0.151. The zero-order valence-corrected chi connectivity index (χ0v) is 14.4. The Morgan fingerprint density at radius 3 is 2.80 bits per heavy atom. The number of rotatable bonds is 5. The van der Waals surface area contributed by atoms with Crippen LogP contribution in [0.25, 0.3) is 0 Å². The third-order valence-corrected chi connectivity index (χ3v) is 5.97. The first-order valence-electron chi connectivity index (χ1n) is 8.25. The van der Waals surface area contributed by atoms with Gasteiger partial charge in [0.05, 0.1) is 5.54 Å². The van der Waals surface area contributed by atoms with Gasteiger partial charge >= 0.3 is 0 Å². The van der Waals surface area contributed by atoms with E-state index >= 15 is 0 Å². The first-order chi connectivity index (χ1) is 9.57. The molecule has 1 aliphatic rings. The van der Waals surface area contributed by atoms with E-state index in [4.69, 9.17) is 4.98 Å². The van der Waals surface area contributed by atoms with Crippen molar-refractivity contribution in [3.05, 3.63) is 16.1 Å². The van der Waals surface area contributed by atoms with Crippen LogP contribution in [0.15, 0.2) is 5.38 Å².